The van der Waals surface area contributed by atoms with Gasteiger partial charge in [0.1, 0.15) is 11.6 Å². The molecule has 1 unspecified atom stereocenters. The number of ether oxygens (including phenoxy) is 1. The molecule has 1 aromatic carbocycles. The molecule has 96 valence electrons. The van der Waals surface area contributed by atoms with Gasteiger partial charge in [-0.3, -0.25) is 0 Å². The summed E-state index contributed by atoms with van der Waals surface area (Å²) in [5, 5.41) is 11.4. The third kappa shape index (κ3) is 2.80. The van der Waals surface area contributed by atoms with Gasteiger partial charge in [0, 0.05) is 17.7 Å². The number of halogens is 1. The maximum atomic E-state index is 13.2. The van der Waals surface area contributed by atoms with Gasteiger partial charge in [-0.05, 0) is 18.2 Å². The molecule has 0 saturated heterocycles. The van der Waals surface area contributed by atoms with Crippen LogP contribution in [0.15, 0.2) is 18.2 Å². The zero-order valence-corrected chi connectivity index (χ0v) is 10.2. The van der Waals surface area contributed by atoms with Crippen molar-refractivity contribution in [3.8, 4) is 5.75 Å². The Morgan fingerprint density at radius 3 is 2.89 bits per heavy atom. The second-order valence-electron chi connectivity index (χ2n) is 3.95. The van der Waals surface area contributed by atoms with Crippen LogP contribution in [-0.4, -0.2) is 20.2 Å². The number of tetrazole rings is 1. The number of aromatic nitrogens is 4. The van der Waals surface area contributed by atoms with Crippen molar-refractivity contribution < 1.29 is 9.13 Å². The highest BCUT2D eigenvalue weighted by Crippen LogP contribution is 2.25. The monoisotopic (exact) mass is 251 g/mol. The Bertz CT molecular complexity index is 540. The molecule has 0 radical (unpaired) electrons. The van der Waals surface area contributed by atoms with Gasteiger partial charge in [-0.2, -0.15) is 4.80 Å². The van der Waals surface area contributed by atoms with Gasteiger partial charge in [-0.25, -0.2) is 4.39 Å². The lowest BCUT2D eigenvalue weighted by atomic mass is 10.1. The molecule has 2 aromatic rings. The largest absolute Gasteiger partial charge is 0.485 e. The van der Waals surface area contributed by atoms with Crippen molar-refractivity contribution in [2.45, 2.75) is 19.6 Å². The second-order valence-corrected chi connectivity index (χ2v) is 3.95. The summed E-state index contributed by atoms with van der Waals surface area (Å²) in [6.45, 7) is 1.93. The molecule has 2 N–H and O–H groups in total. The Morgan fingerprint density at radius 1 is 1.50 bits per heavy atom. The first kappa shape index (κ1) is 12.4. The van der Waals surface area contributed by atoms with Crippen LogP contribution in [0.5, 0.6) is 5.75 Å². The molecule has 0 aliphatic carbocycles. The lowest BCUT2D eigenvalue weighted by Crippen LogP contribution is -2.09. The van der Waals surface area contributed by atoms with Crippen molar-refractivity contribution in [3.05, 3.63) is 35.4 Å². The Hall–Kier alpha value is -2.02. The van der Waals surface area contributed by atoms with Gasteiger partial charge in [0.05, 0.1) is 7.05 Å². The van der Waals surface area contributed by atoms with Gasteiger partial charge in [0.25, 0.3) is 0 Å². The van der Waals surface area contributed by atoms with Crippen LogP contribution in [0.25, 0.3) is 0 Å². The summed E-state index contributed by atoms with van der Waals surface area (Å²) in [7, 11) is 1.66. The fourth-order valence-corrected chi connectivity index (χ4v) is 1.53. The fraction of sp³-hybridized carbons (Fsp3) is 0.364. The minimum Gasteiger partial charge on any atom is -0.485 e. The third-order valence-corrected chi connectivity index (χ3v) is 2.37. The van der Waals surface area contributed by atoms with Gasteiger partial charge in [-0.15, -0.1) is 10.2 Å². The molecule has 0 aliphatic rings. The molecular weight excluding hydrogens is 237 g/mol. The number of hydrogen-bond donors (Lipinski definition) is 1. The lowest BCUT2D eigenvalue weighted by molar-refractivity contribution is 0.289. The van der Waals surface area contributed by atoms with Crippen LogP contribution in [-0.2, 0) is 13.7 Å². The standard InChI is InChI=1S/C11H14FN5O/c1-7(13)9-4-3-8(12)5-10(9)18-6-11-14-16-17(2)15-11/h3-5,7H,6,13H2,1-2H3. The molecule has 6 nitrogen and oxygen atoms in total. The van der Waals surface area contributed by atoms with Crippen LogP contribution in [0.1, 0.15) is 24.4 Å². The van der Waals surface area contributed by atoms with Crippen molar-refractivity contribution in [1.29, 1.82) is 0 Å². The summed E-state index contributed by atoms with van der Waals surface area (Å²) in [6.07, 6.45) is 0. The molecule has 1 atom stereocenters. The van der Waals surface area contributed by atoms with E-state index in [2.05, 4.69) is 15.4 Å². The first-order chi connectivity index (χ1) is 8.56. The SMILES string of the molecule is CC(N)c1ccc(F)cc1OCc1nnn(C)n1. The van der Waals surface area contributed by atoms with E-state index in [0.717, 1.165) is 5.56 Å². The highest BCUT2D eigenvalue weighted by atomic mass is 19.1. The highest BCUT2D eigenvalue weighted by molar-refractivity contribution is 5.36. The van der Waals surface area contributed by atoms with Crippen molar-refractivity contribution in [1.82, 2.24) is 20.2 Å². The Morgan fingerprint density at radius 2 is 2.28 bits per heavy atom. The summed E-state index contributed by atoms with van der Waals surface area (Å²) in [5.74, 6) is 0.455. The van der Waals surface area contributed by atoms with E-state index in [1.807, 2.05) is 0 Å². The smallest absolute Gasteiger partial charge is 0.212 e. The molecule has 0 spiro atoms. The Balaban J connectivity index is 2.15. The number of aryl methyl sites for hydroxylation is 1. The van der Waals surface area contributed by atoms with Crippen LogP contribution >= 0.6 is 0 Å². The van der Waals surface area contributed by atoms with E-state index in [9.17, 15) is 4.39 Å². The topological polar surface area (TPSA) is 78.9 Å². The van der Waals surface area contributed by atoms with Gasteiger partial charge in [-0.1, -0.05) is 6.07 Å². The molecule has 0 saturated carbocycles. The number of nitrogens with zero attached hydrogens (tertiary/aromatic N) is 4. The molecule has 0 aliphatic heterocycles. The van der Waals surface area contributed by atoms with E-state index in [1.165, 1.54) is 16.9 Å². The van der Waals surface area contributed by atoms with Crippen LogP contribution in [0, 0.1) is 5.82 Å². The molecule has 0 fully saturated rings. The predicted molar refractivity (Wildman–Crippen MR) is 62.1 cm³/mol. The molecular formula is C11H14FN5O. The average Bonchev–Trinajstić information content (AvgIpc) is 2.72. The quantitative estimate of drug-likeness (QED) is 0.875. The van der Waals surface area contributed by atoms with E-state index in [-0.39, 0.29) is 18.5 Å². The Kier molecular flexibility index (Phi) is 3.52. The van der Waals surface area contributed by atoms with Crippen molar-refractivity contribution in [3.63, 3.8) is 0 Å². The summed E-state index contributed by atoms with van der Waals surface area (Å²) in [4.78, 5) is 1.33. The van der Waals surface area contributed by atoms with E-state index in [1.54, 1.807) is 20.0 Å². The minimum atomic E-state index is -0.374. The summed E-state index contributed by atoms with van der Waals surface area (Å²) in [6, 6.07) is 4.02. The minimum absolute atomic E-state index is 0.122. The molecule has 1 heterocycles. The summed E-state index contributed by atoms with van der Waals surface area (Å²) < 4.78 is 18.7. The summed E-state index contributed by atoms with van der Waals surface area (Å²) in [5.41, 5.74) is 6.52. The number of rotatable bonds is 4. The van der Waals surface area contributed by atoms with Crippen molar-refractivity contribution in [2.75, 3.05) is 0 Å². The van der Waals surface area contributed by atoms with Crippen LogP contribution < -0.4 is 10.5 Å². The molecule has 18 heavy (non-hydrogen) atoms. The predicted octanol–water partition coefficient (Wildman–Crippen LogP) is 0.948. The first-order valence-electron chi connectivity index (χ1n) is 5.47. The average molecular weight is 251 g/mol. The highest BCUT2D eigenvalue weighted by Gasteiger charge is 2.10. The van der Waals surface area contributed by atoms with Gasteiger partial charge < -0.3 is 10.5 Å². The third-order valence-electron chi connectivity index (χ3n) is 2.37. The summed E-state index contributed by atoms with van der Waals surface area (Å²) >= 11 is 0. The van der Waals surface area contributed by atoms with E-state index in [4.69, 9.17) is 10.5 Å². The van der Waals surface area contributed by atoms with E-state index < -0.39 is 0 Å². The Labute approximate surface area is 104 Å². The zero-order valence-electron chi connectivity index (χ0n) is 10.2. The normalized spacial score (nSPS) is 12.4. The molecule has 2 rings (SSSR count). The first-order valence-corrected chi connectivity index (χ1v) is 5.47. The lowest BCUT2D eigenvalue weighted by Gasteiger charge is -2.12. The van der Waals surface area contributed by atoms with Gasteiger partial charge in [0.15, 0.2) is 6.61 Å². The van der Waals surface area contributed by atoms with Gasteiger partial charge in [0.2, 0.25) is 5.82 Å². The number of hydrogen-bond acceptors (Lipinski definition) is 5. The number of benzene rings is 1. The maximum absolute atomic E-state index is 13.2. The maximum Gasteiger partial charge on any atom is 0.212 e. The van der Waals surface area contributed by atoms with Crippen LogP contribution in [0.3, 0.4) is 0 Å². The molecule has 0 bridgehead atoms. The molecule has 1 aromatic heterocycles. The van der Waals surface area contributed by atoms with Crippen LogP contribution in [0.2, 0.25) is 0 Å². The fourth-order valence-electron chi connectivity index (χ4n) is 1.53. The second kappa shape index (κ2) is 5.09. The van der Waals surface area contributed by atoms with Crippen molar-refractivity contribution in [2.24, 2.45) is 12.8 Å². The van der Waals surface area contributed by atoms with E-state index >= 15 is 0 Å². The van der Waals surface area contributed by atoms with E-state index in [0.29, 0.717) is 11.6 Å². The number of nitrogens with two attached hydrogens (primary N) is 1. The zero-order chi connectivity index (χ0) is 13.1. The van der Waals surface area contributed by atoms with Crippen molar-refractivity contribution >= 4 is 0 Å². The van der Waals surface area contributed by atoms with Gasteiger partial charge >= 0.3 is 0 Å². The van der Waals surface area contributed by atoms with Crippen LogP contribution in [0.4, 0.5) is 4.39 Å². The molecule has 7 heteroatoms. The molecule has 0 amide bonds.